The quantitative estimate of drug-likeness (QED) is 0.695. The predicted molar refractivity (Wildman–Crippen MR) is 93.7 cm³/mol. The maximum Gasteiger partial charge on any atom is 0.255 e. The maximum absolute atomic E-state index is 12.6. The molecular formula is C14H19Cl2IN2O. The van der Waals surface area contributed by atoms with Crippen molar-refractivity contribution >= 4 is 52.5 Å². The second-order valence-corrected chi connectivity index (χ2v) is 7.39. The van der Waals surface area contributed by atoms with Gasteiger partial charge in [-0.15, -0.1) is 12.4 Å². The molecule has 1 unspecified atom stereocenters. The van der Waals surface area contributed by atoms with Gasteiger partial charge in [-0.1, -0.05) is 25.4 Å². The Morgan fingerprint density at radius 2 is 2.15 bits per heavy atom. The Kier molecular flexibility index (Phi) is 6.14. The molecule has 0 spiro atoms. The van der Waals surface area contributed by atoms with Crippen LogP contribution in [-0.2, 0) is 0 Å². The zero-order chi connectivity index (χ0) is 14.2. The van der Waals surface area contributed by atoms with Crippen molar-refractivity contribution in [1.29, 1.82) is 0 Å². The molecule has 1 atom stereocenters. The predicted octanol–water partition coefficient (Wildman–Crippen LogP) is 3.57. The van der Waals surface area contributed by atoms with Gasteiger partial charge in [-0.2, -0.15) is 0 Å². The van der Waals surface area contributed by atoms with Crippen LogP contribution in [0.3, 0.4) is 0 Å². The third-order valence-corrected chi connectivity index (χ3v) is 4.76. The van der Waals surface area contributed by atoms with E-state index >= 15 is 0 Å². The lowest BCUT2D eigenvalue weighted by Crippen LogP contribution is -2.54. The highest BCUT2D eigenvalue weighted by Crippen LogP contribution is 2.30. The molecular weight excluding hydrogens is 410 g/mol. The molecule has 20 heavy (non-hydrogen) atoms. The second kappa shape index (κ2) is 6.81. The van der Waals surface area contributed by atoms with Gasteiger partial charge in [0.1, 0.15) is 0 Å². The summed E-state index contributed by atoms with van der Waals surface area (Å²) in [6.07, 6.45) is 0.834. The van der Waals surface area contributed by atoms with Crippen LogP contribution in [0.5, 0.6) is 0 Å². The zero-order valence-corrected chi connectivity index (χ0v) is 15.3. The molecule has 1 saturated heterocycles. The molecule has 1 aliphatic heterocycles. The summed E-state index contributed by atoms with van der Waals surface area (Å²) in [4.78, 5) is 14.4. The minimum absolute atomic E-state index is 0. The lowest BCUT2D eigenvalue weighted by molar-refractivity contribution is 0.0533. The zero-order valence-electron chi connectivity index (χ0n) is 11.5. The number of piperidine rings is 1. The number of carbonyl (C=O) groups is 1. The molecule has 1 aliphatic rings. The highest BCUT2D eigenvalue weighted by Gasteiger charge is 2.35. The van der Waals surface area contributed by atoms with Gasteiger partial charge in [0.05, 0.1) is 10.6 Å². The summed E-state index contributed by atoms with van der Waals surface area (Å²) in [7, 11) is 0. The smallest absolute Gasteiger partial charge is 0.255 e. The van der Waals surface area contributed by atoms with E-state index in [1.54, 1.807) is 6.07 Å². The van der Waals surface area contributed by atoms with Crippen LogP contribution in [0.4, 0.5) is 0 Å². The first-order valence-electron chi connectivity index (χ1n) is 6.31. The van der Waals surface area contributed by atoms with Crippen molar-refractivity contribution in [1.82, 2.24) is 4.90 Å². The second-order valence-electron chi connectivity index (χ2n) is 5.73. The van der Waals surface area contributed by atoms with Crippen molar-refractivity contribution in [3.63, 3.8) is 0 Å². The fraction of sp³-hybridized carbons (Fsp3) is 0.500. The molecule has 3 nitrogen and oxygen atoms in total. The van der Waals surface area contributed by atoms with Crippen molar-refractivity contribution in [2.45, 2.75) is 26.3 Å². The Morgan fingerprint density at radius 3 is 2.75 bits per heavy atom. The van der Waals surface area contributed by atoms with Gasteiger partial charge in [0.25, 0.3) is 5.91 Å². The SMILES string of the molecule is CC1(C)CN(C(=O)c2cc(I)ccc2Cl)CCC1N.Cl. The number of rotatable bonds is 1. The number of hydrogen-bond donors (Lipinski definition) is 1. The fourth-order valence-corrected chi connectivity index (χ4v) is 3.07. The fourth-order valence-electron chi connectivity index (χ4n) is 2.38. The summed E-state index contributed by atoms with van der Waals surface area (Å²) in [5, 5.41) is 0.512. The van der Waals surface area contributed by atoms with E-state index in [4.69, 9.17) is 17.3 Å². The Morgan fingerprint density at radius 1 is 1.50 bits per heavy atom. The van der Waals surface area contributed by atoms with Gasteiger partial charge in [0.15, 0.2) is 0 Å². The van der Waals surface area contributed by atoms with Crippen molar-refractivity contribution in [3.05, 3.63) is 32.4 Å². The summed E-state index contributed by atoms with van der Waals surface area (Å²) in [6, 6.07) is 5.66. The van der Waals surface area contributed by atoms with E-state index < -0.39 is 0 Å². The monoisotopic (exact) mass is 428 g/mol. The third-order valence-electron chi connectivity index (χ3n) is 3.76. The topological polar surface area (TPSA) is 46.3 Å². The summed E-state index contributed by atoms with van der Waals surface area (Å²) >= 11 is 8.32. The minimum Gasteiger partial charge on any atom is -0.338 e. The molecule has 0 saturated carbocycles. The highest BCUT2D eigenvalue weighted by molar-refractivity contribution is 14.1. The van der Waals surface area contributed by atoms with Crippen molar-refractivity contribution < 1.29 is 4.79 Å². The normalized spacial score (nSPS) is 21.2. The molecule has 0 aliphatic carbocycles. The Hall–Kier alpha value is -0.0400. The first-order chi connectivity index (χ1) is 8.81. The summed E-state index contributed by atoms with van der Waals surface area (Å²) in [5.41, 5.74) is 6.63. The Labute approximate surface area is 144 Å². The molecule has 2 rings (SSSR count). The molecule has 1 amide bonds. The van der Waals surface area contributed by atoms with E-state index in [2.05, 4.69) is 36.4 Å². The van der Waals surface area contributed by atoms with Crippen LogP contribution in [0, 0.1) is 8.99 Å². The van der Waals surface area contributed by atoms with Crippen molar-refractivity contribution in [3.8, 4) is 0 Å². The van der Waals surface area contributed by atoms with E-state index in [1.807, 2.05) is 17.0 Å². The molecule has 1 aromatic carbocycles. The first-order valence-corrected chi connectivity index (χ1v) is 7.77. The highest BCUT2D eigenvalue weighted by atomic mass is 127. The Balaban J connectivity index is 0.00000200. The third kappa shape index (κ3) is 3.78. The summed E-state index contributed by atoms with van der Waals surface area (Å²) in [5.74, 6) is 0.00323. The van der Waals surface area contributed by atoms with E-state index in [9.17, 15) is 4.79 Å². The molecule has 1 heterocycles. The van der Waals surface area contributed by atoms with Gasteiger partial charge in [0, 0.05) is 22.7 Å². The van der Waals surface area contributed by atoms with E-state index in [-0.39, 0.29) is 29.8 Å². The molecule has 1 fully saturated rings. The van der Waals surface area contributed by atoms with Gasteiger partial charge < -0.3 is 10.6 Å². The van der Waals surface area contributed by atoms with Crippen LogP contribution in [0.1, 0.15) is 30.6 Å². The molecule has 1 aromatic rings. The van der Waals surface area contributed by atoms with Gasteiger partial charge in [0.2, 0.25) is 0 Å². The molecule has 0 aromatic heterocycles. The van der Waals surface area contributed by atoms with Crippen molar-refractivity contribution in [2.24, 2.45) is 11.1 Å². The van der Waals surface area contributed by atoms with Crippen LogP contribution in [-0.4, -0.2) is 29.9 Å². The number of hydrogen-bond acceptors (Lipinski definition) is 2. The van der Waals surface area contributed by atoms with Crippen molar-refractivity contribution in [2.75, 3.05) is 13.1 Å². The number of halogens is 3. The molecule has 112 valence electrons. The summed E-state index contributed by atoms with van der Waals surface area (Å²) in [6.45, 7) is 5.58. The Bertz CT molecular complexity index is 508. The van der Waals surface area contributed by atoms with E-state index in [0.29, 0.717) is 23.7 Å². The molecule has 6 heteroatoms. The maximum atomic E-state index is 12.6. The number of nitrogens with zero attached hydrogens (tertiary/aromatic N) is 1. The van der Waals surface area contributed by atoms with Crippen LogP contribution >= 0.6 is 46.6 Å². The van der Waals surface area contributed by atoms with E-state index in [0.717, 1.165) is 9.99 Å². The van der Waals surface area contributed by atoms with Crippen LogP contribution in [0.15, 0.2) is 18.2 Å². The standard InChI is InChI=1S/C14H18ClIN2O.ClH/c1-14(2)8-18(6-5-12(14)17)13(19)10-7-9(16)3-4-11(10)15;/h3-4,7,12H,5-6,8,17H2,1-2H3;1H. The van der Waals surface area contributed by atoms with Gasteiger partial charge in [-0.3, -0.25) is 4.79 Å². The number of benzene rings is 1. The number of likely N-dealkylation sites (tertiary alicyclic amines) is 1. The van der Waals surface area contributed by atoms with Gasteiger partial charge in [-0.25, -0.2) is 0 Å². The first kappa shape index (κ1) is 18.0. The molecule has 2 N–H and O–H groups in total. The molecule has 0 bridgehead atoms. The number of amides is 1. The lowest BCUT2D eigenvalue weighted by atomic mass is 9.79. The minimum atomic E-state index is -0.0533. The largest absolute Gasteiger partial charge is 0.338 e. The summed E-state index contributed by atoms with van der Waals surface area (Å²) < 4.78 is 1.01. The number of nitrogens with two attached hydrogens (primary N) is 1. The van der Waals surface area contributed by atoms with E-state index in [1.165, 1.54) is 0 Å². The molecule has 0 radical (unpaired) electrons. The van der Waals surface area contributed by atoms with Gasteiger partial charge in [-0.05, 0) is 52.6 Å². The average molecular weight is 429 g/mol. The van der Waals surface area contributed by atoms with Crippen LogP contribution in [0.2, 0.25) is 5.02 Å². The number of carbonyl (C=O) groups excluding carboxylic acids is 1. The van der Waals surface area contributed by atoms with Crippen LogP contribution < -0.4 is 5.73 Å². The van der Waals surface area contributed by atoms with Crippen LogP contribution in [0.25, 0.3) is 0 Å². The lowest BCUT2D eigenvalue weighted by Gasteiger charge is -2.42. The average Bonchev–Trinajstić information content (AvgIpc) is 2.35. The van der Waals surface area contributed by atoms with Gasteiger partial charge >= 0.3 is 0 Å².